The maximum atomic E-state index is 12.1. The normalized spacial score (nSPS) is 10.6. The first kappa shape index (κ1) is 24.8. The summed E-state index contributed by atoms with van der Waals surface area (Å²) in [7, 11) is 3.01. The van der Waals surface area contributed by atoms with Crippen molar-refractivity contribution in [3.8, 4) is 17.2 Å². The zero-order valence-corrected chi connectivity index (χ0v) is 20.5. The number of carbonyl (C=O) groups excluding carboxylic acids is 2. The number of anilines is 1. The highest BCUT2D eigenvalue weighted by Gasteiger charge is 2.15. The zero-order chi connectivity index (χ0) is 24.5. The summed E-state index contributed by atoms with van der Waals surface area (Å²) in [6.45, 7) is 2.40. The molecule has 8 nitrogen and oxygen atoms in total. The minimum absolute atomic E-state index is 0.375. The van der Waals surface area contributed by atoms with Crippen molar-refractivity contribution in [1.29, 1.82) is 0 Å². The monoisotopic (exact) mass is 525 g/mol. The van der Waals surface area contributed by atoms with Crippen LogP contribution in [-0.2, 0) is 16.2 Å². The Morgan fingerprint density at radius 1 is 0.971 bits per heavy atom. The lowest BCUT2D eigenvalue weighted by atomic mass is 10.2. The van der Waals surface area contributed by atoms with E-state index in [1.807, 2.05) is 31.2 Å². The Morgan fingerprint density at radius 3 is 2.38 bits per heavy atom. The molecule has 176 valence electrons. The average Bonchev–Trinajstić information content (AvgIpc) is 2.84. The van der Waals surface area contributed by atoms with E-state index in [1.165, 1.54) is 26.0 Å². The lowest BCUT2D eigenvalue weighted by Gasteiger charge is -2.13. The van der Waals surface area contributed by atoms with Crippen LogP contribution in [0, 0.1) is 6.92 Å². The fraction of sp³-hybridized carbons (Fsp3) is 0.160. The third-order valence-corrected chi connectivity index (χ3v) is 5.29. The number of carbonyl (C=O) groups is 2. The summed E-state index contributed by atoms with van der Waals surface area (Å²) in [6, 6.07) is 18.3. The maximum Gasteiger partial charge on any atom is 0.329 e. The highest BCUT2D eigenvalue weighted by atomic mass is 79.9. The van der Waals surface area contributed by atoms with Crippen LogP contribution in [0.4, 0.5) is 5.69 Å². The van der Waals surface area contributed by atoms with E-state index in [9.17, 15) is 9.59 Å². The van der Waals surface area contributed by atoms with Gasteiger partial charge < -0.3 is 19.5 Å². The Balaban J connectivity index is 1.62. The summed E-state index contributed by atoms with van der Waals surface area (Å²) < 4.78 is 17.2. The molecule has 2 amide bonds. The second-order valence-electron chi connectivity index (χ2n) is 7.16. The standard InChI is InChI=1S/C25H24BrN3O5/c1-16-8-10-17(11-9-16)15-34-23-19(26)12-18(13-22(23)33-3)14-27-29-25(31)24(30)28-20-6-4-5-7-21(20)32-2/h4-14H,15H2,1-3H3,(H,28,30)(H,29,31)/b27-14+. The molecule has 9 heteroatoms. The number of nitrogens with one attached hydrogen (secondary N) is 2. The molecule has 0 fully saturated rings. The molecular weight excluding hydrogens is 502 g/mol. The van der Waals surface area contributed by atoms with E-state index in [0.717, 1.165) is 5.56 Å². The van der Waals surface area contributed by atoms with Gasteiger partial charge in [-0.2, -0.15) is 5.10 Å². The first-order chi connectivity index (χ1) is 16.4. The highest BCUT2D eigenvalue weighted by molar-refractivity contribution is 9.10. The van der Waals surface area contributed by atoms with E-state index < -0.39 is 11.8 Å². The van der Waals surface area contributed by atoms with Gasteiger partial charge in [0.2, 0.25) is 0 Å². The van der Waals surface area contributed by atoms with Gasteiger partial charge >= 0.3 is 11.8 Å². The molecule has 34 heavy (non-hydrogen) atoms. The number of amides is 2. The van der Waals surface area contributed by atoms with Crippen LogP contribution in [-0.4, -0.2) is 32.2 Å². The van der Waals surface area contributed by atoms with Crippen molar-refractivity contribution in [2.45, 2.75) is 13.5 Å². The Bertz CT molecular complexity index is 1200. The average molecular weight is 526 g/mol. The quantitative estimate of drug-likeness (QED) is 0.257. The molecule has 0 heterocycles. The third kappa shape index (κ3) is 6.58. The molecule has 0 aliphatic rings. The molecule has 0 aliphatic carbocycles. The highest BCUT2D eigenvalue weighted by Crippen LogP contribution is 2.36. The molecule has 0 aliphatic heterocycles. The molecule has 0 bridgehead atoms. The van der Waals surface area contributed by atoms with E-state index in [-0.39, 0.29) is 0 Å². The minimum atomic E-state index is -0.925. The summed E-state index contributed by atoms with van der Waals surface area (Å²) >= 11 is 3.49. The fourth-order valence-electron chi connectivity index (χ4n) is 2.94. The first-order valence-corrected chi connectivity index (χ1v) is 11.0. The van der Waals surface area contributed by atoms with Crippen molar-refractivity contribution in [2.75, 3.05) is 19.5 Å². The van der Waals surface area contributed by atoms with E-state index >= 15 is 0 Å². The van der Waals surface area contributed by atoms with E-state index in [1.54, 1.807) is 36.4 Å². The molecule has 0 saturated carbocycles. The number of methoxy groups -OCH3 is 2. The van der Waals surface area contributed by atoms with Crippen molar-refractivity contribution in [2.24, 2.45) is 5.10 Å². The molecule has 0 saturated heterocycles. The van der Waals surface area contributed by atoms with Gasteiger partial charge in [0.15, 0.2) is 11.5 Å². The number of aryl methyl sites for hydroxylation is 1. The van der Waals surface area contributed by atoms with E-state index in [2.05, 4.69) is 31.8 Å². The third-order valence-electron chi connectivity index (χ3n) is 4.70. The Morgan fingerprint density at radius 2 is 1.68 bits per heavy atom. The Labute approximate surface area is 206 Å². The van der Waals surface area contributed by atoms with E-state index in [0.29, 0.717) is 39.6 Å². The largest absolute Gasteiger partial charge is 0.495 e. The van der Waals surface area contributed by atoms with Crippen LogP contribution in [0.25, 0.3) is 0 Å². The van der Waals surface area contributed by atoms with Gasteiger partial charge in [0.25, 0.3) is 0 Å². The van der Waals surface area contributed by atoms with Crippen molar-refractivity contribution in [3.05, 3.63) is 81.8 Å². The van der Waals surface area contributed by atoms with Crippen LogP contribution in [0.15, 0.2) is 70.2 Å². The predicted octanol–water partition coefficient (Wildman–Crippen LogP) is 4.44. The summed E-state index contributed by atoms with van der Waals surface area (Å²) in [4.78, 5) is 24.2. The molecular formula is C25H24BrN3O5. The van der Waals surface area contributed by atoms with Crippen molar-refractivity contribution < 1.29 is 23.8 Å². The molecule has 3 rings (SSSR count). The predicted molar refractivity (Wildman–Crippen MR) is 134 cm³/mol. The van der Waals surface area contributed by atoms with Gasteiger partial charge in [0.1, 0.15) is 12.4 Å². The molecule has 0 aromatic heterocycles. The molecule has 0 radical (unpaired) electrons. The lowest BCUT2D eigenvalue weighted by Crippen LogP contribution is -2.32. The van der Waals surface area contributed by atoms with Gasteiger partial charge in [-0.15, -0.1) is 0 Å². The number of hydrogen-bond acceptors (Lipinski definition) is 6. The number of halogens is 1. The number of hydrazone groups is 1. The van der Waals surface area contributed by atoms with Crippen LogP contribution in [0.5, 0.6) is 17.2 Å². The van der Waals surface area contributed by atoms with Crippen LogP contribution < -0.4 is 25.0 Å². The number of benzene rings is 3. The number of para-hydroxylation sites is 2. The van der Waals surface area contributed by atoms with Crippen molar-refractivity contribution in [1.82, 2.24) is 5.43 Å². The van der Waals surface area contributed by atoms with Crippen molar-refractivity contribution >= 4 is 39.6 Å². The smallest absolute Gasteiger partial charge is 0.329 e. The molecule has 0 atom stereocenters. The Hall–Kier alpha value is -3.85. The fourth-order valence-corrected chi connectivity index (χ4v) is 3.51. The van der Waals surface area contributed by atoms with Crippen LogP contribution in [0.2, 0.25) is 0 Å². The number of nitrogens with zero attached hydrogens (tertiary/aromatic N) is 1. The molecule has 0 spiro atoms. The zero-order valence-electron chi connectivity index (χ0n) is 18.9. The second kappa shape index (κ2) is 11.9. The summed E-state index contributed by atoms with van der Waals surface area (Å²) in [5.74, 6) is -0.330. The molecule has 0 unspecified atom stereocenters. The van der Waals surface area contributed by atoms with Gasteiger partial charge in [-0.25, -0.2) is 5.43 Å². The van der Waals surface area contributed by atoms with Gasteiger partial charge in [0, 0.05) is 0 Å². The van der Waals surface area contributed by atoms with Crippen molar-refractivity contribution in [3.63, 3.8) is 0 Å². The summed E-state index contributed by atoms with van der Waals surface area (Å²) in [5.41, 5.74) is 5.41. The van der Waals surface area contributed by atoms with Gasteiger partial charge in [-0.1, -0.05) is 42.0 Å². The number of hydrogen-bond donors (Lipinski definition) is 2. The Kier molecular flexibility index (Phi) is 8.64. The molecule has 3 aromatic rings. The molecule has 3 aromatic carbocycles. The SMILES string of the molecule is COc1ccccc1NC(=O)C(=O)N/N=C/c1cc(Br)c(OCc2ccc(C)cc2)c(OC)c1. The molecule has 2 N–H and O–H groups in total. The van der Waals surface area contributed by atoms with Gasteiger partial charge in [-0.3, -0.25) is 9.59 Å². The van der Waals surface area contributed by atoms with Crippen LogP contribution in [0.3, 0.4) is 0 Å². The number of ether oxygens (including phenoxy) is 3. The van der Waals surface area contributed by atoms with E-state index in [4.69, 9.17) is 14.2 Å². The topological polar surface area (TPSA) is 98.2 Å². The first-order valence-electron chi connectivity index (χ1n) is 10.2. The summed E-state index contributed by atoms with van der Waals surface area (Å²) in [6.07, 6.45) is 1.39. The van der Waals surface area contributed by atoms with Gasteiger partial charge in [-0.05, 0) is 58.2 Å². The maximum absolute atomic E-state index is 12.1. The summed E-state index contributed by atoms with van der Waals surface area (Å²) in [5, 5.41) is 6.34. The lowest BCUT2D eigenvalue weighted by molar-refractivity contribution is -0.136. The van der Waals surface area contributed by atoms with Crippen LogP contribution >= 0.6 is 15.9 Å². The number of rotatable bonds is 8. The van der Waals surface area contributed by atoms with Crippen LogP contribution in [0.1, 0.15) is 16.7 Å². The van der Waals surface area contributed by atoms with Gasteiger partial charge in [0.05, 0.1) is 30.6 Å². The minimum Gasteiger partial charge on any atom is -0.495 e. The second-order valence-corrected chi connectivity index (χ2v) is 8.02.